The lowest BCUT2D eigenvalue weighted by atomic mass is 10.0. The molecule has 2 rings (SSSR count). The molecule has 2 aromatic carbocycles. The van der Waals surface area contributed by atoms with Gasteiger partial charge in [0.15, 0.2) is 5.78 Å². The van der Waals surface area contributed by atoms with E-state index in [2.05, 4.69) is 4.74 Å². The van der Waals surface area contributed by atoms with Crippen LogP contribution in [-0.4, -0.2) is 12.1 Å². The van der Waals surface area contributed by atoms with Crippen LogP contribution in [0.1, 0.15) is 28.4 Å². The first kappa shape index (κ1) is 15.1. The molecule has 0 saturated carbocycles. The van der Waals surface area contributed by atoms with Crippen molar-refractivity contribution in [1.82, 2.24) is 0 Å². The first-order chi connectivity index (χ1) is 9.89. The summed E-state index contributed by atoms with van der Waals surface area (Å²) in [5.41, 5.74) is 1.92. The van der Waals surface area contributed by atoms with E-state index in [9.17, 15) is 18.0 Å². The van der Waals surface area contributed by atoms with Crippen LogP contribution in [0.2, 0.25) is 0 Å². The van der Waals surface area contributed by atoms with Crippen LogP contribution in [0.25, 0.3) is 0 Å². The van der Waals surface area contributed by atoms with E-state index in [0.29, 0.717) is 11.1 Å². The van der Waals surface area contributed by atoms with E-state index in [-0.39, 0.29) is 11.5 Å². The topological polar surface area (TPSA) is 26.3 Å². The normalized spacial score (nSPS) is 11.2. The monoisotopic (exact) mass is 294 g/mol. The largest absolute Gasteiger partial charge is 0.573 e. The Morgan fingerprint density at radius 3 is 1.86 bits per heavy atom. The lowest BCUT2D eigenvalue weighted by Gasteiger charge is -2.09. The van der Waals surface area contributed by atoms with Crippen LogP contribution in [0, 0.1) is 0 Å². The SMILES string of the molecule is CCc1ccc(C(=O)c2ccc(OC(F)(F)F)cc2)cc1. The van der Waals surface area contributed by atoms with Crippen molar-refractivity contribution >= 4 is 5.78 Å². The molecule has 21 heavy (non-hydrogen) atoms. The average Bonchev–Trinajstić information content (AvgIpc) is 2.46. The van der Waals surface area contributed by atoms with E-state index in [1.54, 1.807) is 12.1 Å². The molecule has 2 nitrogen and oxygen atoms in total. The van der Waals surface area contributed by atoms with Crippen molar-refractivity contribution in [1.29, 1.82) is 0 Å². The third-order valence-corrected chi connectivity index (χ3v) is 2.97. The second-order valence-electron chi connectivity index (χ2n) is 4.45. The molecule has 0 fully saturated rings. The number of ether oxygens (including phenoxy) is 1. The van der Waals surface area contributed by atoms with E-state index in [1.807, 2.05) is 19.1 Å². The number of hydrogen-bond donors (Lipinski definition) is 0. The molecule has 0 heterocycles. The first-order valence-electron chi connectivity index (χ1n) is 6.38. The first-order valence-corrected chi connectivity index (χ1v) is 6.38. The standard InChI is InChI=1S/C16H13F3O2/c1-2-11-3-5-12(6-4-11)15(20)13-7-9-14(10-8-13)21-16(17,18)19/h3-10H,2H2,1H3. The summed E-state index contributed by atoms with van der Waals surface area (Å²) < 4.78 is 39.9. The summed E-state index contributed by atoms with van der Waals surface area (Å²) in [6.45, 7) is 2.01. The molecule has 5 heteroatoms. The highest BCUT2D eigenvalue weighted by Crippen LogP contribution is 2.23. The van der Waals surface area contributed by atoms with E-state index in [0.717, 1.165) is 24.1 Å². The van der Waals surface area contributed by atoms with Gasteiger partial charge in [0.05, 0.1) is 0 Å². The Balaban J connectivity index is 2.15. The van der Waals surface area contributed by atoms with E-state index in [4.69, 9.17) is 0 Å². The molecule has 2 aromatic rings. The van der Waals surface area contributed by atoms with Crippen LogP contribution < -0.4 is 4.74 Å². The fourth-order valence-corrected chi connectivity index (χ4v) is 1.87. The molecule has 0 atom stereocenters. The molecule has 0 aliphatic heterocycles. The Labute approximate surface area is 120 Å². The minimum atomic E-state index is -4.73. The quantitative estimate of drug-likeness (QED) is 0.782. The Morgan fingerprint density at radius 2 is 1.43 bits per heavy atom. The summed E-state index contributed by atoms with van der Waals surface area (Å²) in [5.74, 6) is -0.586. The lowest BCUT2D eigenvalue weighted by molar-refractivity contribution is -0.274. The molecule has 0 bridgehead atoms. The Morgan fingerprint density at radius 1 is 0.952 bits per heavy atom. The van der Waals surface area contributed by atoms with Gasteiger partial charge in [-0.25, -0.2) is 0 Å². The van der Waals surface area contributed by atoms with Crippen molar-refractivity contribution in [2.45, 2.75) is 19.7 Å². The van der Waals surface area contributed by atoms with Gasteiger partial charge >= 0.3 is 6.36 Å². The van der Waals surface area contributed by atoms with Gasteiger partial charge in [0.2, 0.25) is 0 Å². The number of aryl methyl sites for hydroxylation is 1. The van der Waals surface area contributed by atoms with Gasteiger partial charge < -0.3 is 4.74 Å². The molecule has 0 aliphatic carbocycles. The predicted molar refractivity (Wildman–Crippen MR) is 72.4 cm³/mol. The van der Waals surface area contributed by atoms with Crippen molar-refractivity contribution in [3.05, 3.63) is 65.2 Å². The van der Waals surface area contributed by atoms with Crippen molar-refractivity contribution in [3.63, 3.8) is 0 Å². The Hall–Kier alpha value is -2.30. The molecular formula is C16H13F3O2. The molecule has 0 spiro atoms. The maximum absolute atomic E-state index is 12.2. The number of benzene rings is 2. The van der Waals surface area contributed by atoms with Gasteiger partial charge in [-0.1, -0.05) is 31.2 Å². The molecule has 0 saturated heterocycles. The van der Waals surface area contributed by atoms with E-state index < -0.39 is 6.36 Å². The number of carbonyl (C=O) groups excluding carboxylic acids is 1. The predicted octanol–water partition coefficient (Wildman–Crippen LogP) is 4.38. The van der Waals surface area contributed by atoms with Crippen LogP contribution in [0.4, 0.5) is 13.2 Å². The minimum absolute atomic E-state index is 0.240. The van der Waals surface area contributed by atoms with Crippen LogP contribution in [0.3, 0.4) is 0 Å². The number of alkyl halides is 3. The van der Waals surface area contributed by atoms with Gasteiger partial charge in [-0.15, -0.1) is 13.2 Å². The van der Waals surface area contributed by atoms with Crippen LogP contribution in [-0.2, 0) is 6.42 Å². The van der Waals surface area contributed by atoms with Gasteiger partial charge in [-0.3, -0.25) is 4.79 Å². The van der Waals surface area contributed by atoms with E-state index in [1.165, 1.54) is 12.1 Å². The van der Waals surface area contributed by atoms with Gasteiger partial charge in [-0.05, 0) is 36.2 Å². The van der Waals surface area contributed by atoms with Crippen molar-refractivity contribution in [3.8, 4) is 5.75 Å². The number of rotatable bonds is 4. The maximum Gasteiger partial charge on any atom is 0.573 e. The van der Waals surface area contributed by atoms with E-state index >= 15 is 0 Å². The number of hydrogen-bond acceptors (Lipinski definition) is 2. The Kier molecular flexibility index (Phi) is 4.31. The zero-order chi connectivity index (χ0) is 15.5. The summed E-state index contributed by atoms with van der Waals surface area (Å²) >= 11 is 0. The zero-order valence-electron chi connectivity index (χ0n) is 11.3. The van der Waals surface area contributed by atoms with Gasteiger partial charge in [0, 0.05) is 11.1 Å². The number of carbonyl (C=O) groups is 1. The summed E-state index contributed by atoms with van der Waals surface area (Å²) in [4.78, 5) is 12.2. The number of ketones is 1. The highest BCUT2D eigenvalue weighted by atomic mass is 19.4. The highest BCUT2D eigenvalue weighted by molar-refractivity contribution is 6.09. The third kappa shape index (κ3) is 4.08. The molecule has 0 N–H and O–H groups in total. The van der Waals surface area contributed by atoms with Crippen LogP contribution in [0.15, 0.2) is 48.5 Å². The minimum Gasteiger partial charge on any atom is -0.406 e. The maximum atomic E-state index is 12.2. The van der Waals surface area contributed by atoms with Crippen LogP contribution >= 0.6 is 0 Å². The average molecular weight is 294 g/mol. The molecule has 0 aliphatic rings. The summed E-state index contributed by atoms with van der Waals surface area (Å²) in [7, 11) is 0. The number of halogens is 3. The molecule has 0 amide bonds. The van der Waals surface area contributed by atoms with Gasteiger partial charge in [0.25, 0.3) is 0 Å². The van der Waals surface area contributed by atoms with Gasteiger partial charge in [-0.2, -0.15) is 0 Å². The molecule has 110 valence electrons. The second kappa shape index (κ2) is 5.99. The van der Waals surface area contributed by atoms with Gasteiger partial charge in [0.1, 0.15) is 5.75 Å². The summed E-state index contributed by atoms with van der Waals surface area (Å²) in [5, 5.41) is 0. The van der Waals surface area contributed by atoms with Crippen LogP contribution in [0.5, 0.6) is 5.75 Å². The molecule has 0 unspecified atom stereocenters. The summed E-state index contributed by atoms with van der Waals surface area (Å²) in [6.07, 6.45) is -3.86. The fraction of sp³-hybridized carbons (Fsp3) is 0.188. The smallest absolute Gasteiger partial charge is 0.406 e. The lowest BCUT2D eigenvalue weighted by Crippen LogP contribution is -2.17. The molecular weight excluding hydrogens is 281 g/mol. The van der Waals surface area contributed by atoms with Crippen molar-refractivity contribution < 1.29 is 22.7 Å². The molecule has 0 radical (unpaired) electrons. The van der Waals surface area contributed by atoms with Crippen molar-refractivity contribution in [2.24, 2.45) is 0 Å². The van der Waals surface area contributed by atoms with Crippen molar-refractivity contribution in [2.75, 3.05) is 0 Å². The Bertz CT molecular complexity index is 613. The third-order valence-electron chi connectivity index (χ3n) is 2.97. The fourth-order valence-electron chi connectivity index (χ4n) is 1.87. The second-order valence-corrected chi connectivity index (χ2v) is 4.45. The zero-order valence-corrected chi connectivity index (χ0v) is 11.3. The molecule has 0 aromatic heterocycles. The summed E-state index contributed by atoms with van der Waals surface area (Å²) in [6, 6.07) is 12.0. The highest BCUT2D eigenvalue weighted by Gasteiger charge is 2.31.